The van der Waals surface area contributed by atoms with Crippen molar-refractivity contribution in [3.8, 4) is 0 Å². The molecule has 3 rings (SSSR count). The second kappa shape index (κ2) is 6.98. The van der Waals surface area contributed by atoms with Gasteiger partial charge in [-0.15, -0.1) is 0 Å². The summed E-state index contributed by atoms with van der Waals surface area (Å²) >= 11 is 0. The Labute approximate surface area is 156 Å². The number of benzene rings is 1. The quantitative estimate of drug-likeness (QED) is 0.694. The van der Waals surface area contributed by atoms with Gasteiger partial charge in [-0.05, 0) is 31.0 Å². The van der Waals surface area contributed by atoms with Crippen molar-refractivity contribution in [2.45, 2.75) is 35.5 Å². The van der Waals surface area contributed by atoms with Crippen molar-refractivity contribution in [3.05, 3.63) is 42.2 Å². The van der Waals surface area contributed by atoms with Crippen molar-refractivity contribution in [1.82, 2.24) is 9.78 Å². The minimum atomic E-state index is -5.57. The molecule has 0 spiro atoms. The van der Waals surface area contributed by atoms with Gasteiger partial charge < -0.3 is 4.90 Å². The van der Waals surface area contributed by atoms with E-state index >= 15 is 0 Å². The van der Waals surface area contributed by atoms with Crippen molar-refractivity contribution in [2.24, 2.45) is 0 Å². The van der Waals surface area contributed by atoms with Crippen LogP contribution in [0, 0.1) is 0 Å². The third kappa shape index (κ3) is 3.82. The Bertz CT molecular complexity index is 952. The van der Waals surface area contributed by atoms with Crippen LogP contribution >= 0.6 is 0 Å². The molecule has 0 amide bonds. The molecule has 0 radical (unpaired) electrons. The standard InChI is InChI=1S/C16H15F6N3O2S/c17-15(18,19)14-7-9-25(23-14)11-4-3-8-24(10-11)12-5-1-2-6-13(12)28(26,27)16(20,21)22/h1-2,5-7,9,11H,3-4,8,10H2. The number of hydrogen-bond donors (Lipinski definition) is 0. The van der Waals surface area contributed by atoms with Crippen LogP contribution in [-0.2, 0) is 16.0 Å². The molecule has 5 nitrogen and oxygen atoms in total. The number of para-hydroxylation sites is 1. The largest absolute Gasteiger partial charge is 0.501 e. The van der Waals surface area contributed by atoms with Crippen molar-refractivity contribution in [3.63, 3.8) is 0 Å². The van der Waals surface area contributed by atoms with Crippen molar-refractivity contribution in [2.75, 3.05) is 18.0 Å². The van der Waals surface area contributed by atoms with Crippen LogP contribution in [-0.4, -0.2) is 36.8 Å². The molecule has 1 aromatic heterocycles. The zero-order valence-corrected chi connectivity index (χ0v) is 15.0. The Hall–Kier alpha value is -2.24. The summed E-state index contributed by atoms with van der Waals surface area (Å²) < 4.78 is 102. The van der Waals surface area contributed by atoms with Gasteiger partial charge in [-0.2, -0.15) is 31.4 Å². The first kappa shape index (κ1) is 20.5. The lowest BCUT2D eigenvalue weighted by molar-refractivity contribution is -0.141. The van der Waals surface area contributed by atoms with Gasteiger partial charge in [0.05, 0.1) is 16.6 Å². The number of aromatic nitrogens is 2. The molecule has 12 heteroatoms. The first-order valence-corrected chi connectivity index (χ1v) is 9.67. The highest BCUT2D eigenvalue weighted by molar-refractivity contribution is 7.92. The van der Waals surface area contributed by atoms with Crippen LogP contribution in [0.25, 0.3) is 0 Å². The summed E-state index contributed by atoms with van der Waals surface area (Å²) in [6, 6.07) is 5.01. The van der Waals surface area contributed by atoms with Crippen LogP contribution < -0.4 is 4.90 Å². The number of sulfone groups is 1. The van der Waals surface area contributed by atoms with Gasteiger partial charge in [0.15, 0.2) is 5.69 Å². The molecule has 1 aliphatic rings. The molecule has 1 aliphatic heterocycles. The predicted octanol–water partition coefficient (Wildman–Crippen LogP) is 4.04. The fourth-order valence-corrected chi connectivity index (χ4v) is 4.13. The third-order valence-electron chi connectivity index (χ3n) is 4.47. The van der Waals surface area contributed by atoms with E-state index in [1.165, 1.54) is 23.1 Å². The molecular weight excluding hydrogens is 412 g/mol. The van der Waals surface area contributed by atoms with E-state index in [4.69, 9.17) is 0 Å². The Morgan fingerprint density at radius 3 is 2.32 bits per heavy atom. The maximum absolute atomic E-state index is 13.0. The Kier molecular flexibility index (Phi) is 5.11. The molecule has 0 aliphatic carbocycles. The minimum absolute atomic E-state index is 0.0311. The average molecular weight is 427 g/mol. The van der Waals surface area contributed by atoms with Crippen molar-refractivity contribution >= 4 is 15.5 Å². The highest BCUT2D eigenvalue weighted by Crippen LogP contribution is 2.37. The van der Waals surface area contributed by atoms with Crippen LogP contribution in [0.2, 0.25) is 0 Å². The number of anilines is 1. The van der Waals surface area contributed by atoms with E-state index in [0.717, 1.165) is 23.0 Å². The number of rotatable bonds is 3. The molecule has 2 heterocycles. The van der Waals surface area contributed by atoms with E-state index < -0.39 is 38.2 Å². The lowest BCUT2D eigenvalue weighted by Gasteiger charge is -2.35. The Morgan fingerprint density at radius 1 is 1.04 bits per heavy atom. The maximum Gasteiger partial charge on any atom is 0.501 e. The van der Waals surface area contributed by atoms with Gasteiger partial charge >= 0.3 is 11.7 Å². The normalized spacial score (nSPS) is 19.1. The van der Waals surface area contributed by atoms with Gasteiger partial charge in [0.2, 0.25) is 0 Å². The minimum Gasteiger partial charge on any atom is -0.368 e. The van der Waals surface area contributed by atoms with Gasteiger partial charge in [-0.25, -0.2) is 8.42 Å². The molecule has 1 fully saturated rings. The summed E-state index contributed by atoms with van der Waals surface area (Å²) in [6.07, 6.45) is -2.53. The van der Waals surface area contributed by atoms with Crippen LogP contribution in [0.5, 0.6) is 0 Å². The monoisotopic (exact) mass is 427 g/mol. The SMILES string of the molecule is O=S(=O)(c1ccccc1N1CCCC(n2ccc(C(F)(F)F)n2)C1)C(F)(F)F. The number of piperidine rings is 1. The van der Waals surface area contributed by atoms with Gasteiger partial charge in [-0.3, -0.25) is 4.68 Å². The highest BCUT2D eigenvalue weighted by Gasteiger charge is 2.48. The van der Waals surface area contributed by atoms with Crippen LogP contribution in [0.1, 0.15) is 24.6 Å². The summed E-state index contributed by atoms with van der Waals surface area (Å²) in [4.78, 5) is 0.557. The van der Waals surface area contributed by atoms with Crippen LogP contribution in [0.4, 0.5) is 32.0 Å². The van der Waals surface area contributed by atoms with Crippen molar-refractivity contribution < 1.29 is 34.8 Å². The van der Waals surface area contributed by atoms with Gasteiger partial charge in [0.25, 0.3) is 9.84 Å². The summed E-state index contributed by atoms with van der Waals surface area (Å²) in [6.45, 7) is 0.303. The Morgan fingerprint density at radius 2 is 1.71 bits per heavy atom. The van der Waals surface area contributed by atoms with E-state index in [0.29, 0.717) is 12.8 Å². The molecule has 154 valence electrons. The molecule has 28 heavy (non-hydrogen) atoms. The van der Waals surface area contributed by atoms with E-state index in [2.05, 4.69) is 5.10 Å². The van der Waals surface area contributed by atoms with E-state index in [-0.39, 0.29) is 18.8 Å². The highest BCUT2D eigenvalue weighted by atomic mass is 32.2. The van der Waals surface area contributed by atoms with Crippen molar-refractivity contribution in [1.29, 1.82) is 0 Å². The topological polar surface area (TPSA) is 55.2 Å². The molecule has 1 aromatic carbocycles. The van der Waals surface area contributed by atoms with Gasteiger partial charge in [-0.1, -0.05) is 12.1 Å². The molecule has 2 aromatic rings. The Balaban J connectivity index is 1.91. The molecule has 1 unspecified atom stereocenters. The zero-order valence-electron chi connectivity index (χ0n) is 14.2. The number of hydrogen-bond acceptors (Lipinski definition) is 4. The lowest BCUT2D eigenvalue weighted by atomic mass is 10.1. The molecular formula is C16H15F6N3O2S. The summed E-state index contributed by atoms with van der Waals surface area (Å²) in [7, 11) is -5.57. The number of alkyl halides is 6. The summed E-state index contributed by atoms with van der Waals surface area (Å²) in [5.74, 6) is 0. The fourth-order valence-electron chi connectivity index (χ4n) is 3.15. The summed E-state index contributed by atoms with van der Waals surface area (Å²) in [5.41, 5.74) is -6.65. The average Bonchev–Trinajstić information content (AvgIpc) is 3.11. The number of nitrogens with zero attached hydrogens (tertiary/aromatic N) is 3. The smallest absolute Gasteiger partial charge is 0.368 e. The summed E-state index contributed by atoms with van der Waals surface area (Å²) in [5, 5.41) is 3.51. The number of halogens is 6. The van der Waals surface area contributed by atoms with Gasteiger partial charge in [0, 0.05) is 19.3 Å². The second-order valence-corrected chi connectivity index (χ2v) is 8.25. The van der Waals surface area contributed by atoms with Gasteiger partial charge in [0.1, 0.15) is 0 Å². The zero-order chi connectivity index (χ0) is 20.7. The fraction of sp³-hybridized carbons (Fsp3) is 0.438. The first-order chi connectivity index (χ1) is 12.9. The molecule has 0 bridgehead atoms. The predicted molar refractivity (Wildman–Crippen MR) is 87.4 cm³/mol. The lowest BCUT2D eigenvalue weighted by Crippen LogP contribution is -2.38. The van der Waals surface area contributed by atoms with E-state index in [1.807, 2.05) is 0 Å². The molecule has 1 saturated heterocycles. The molecule has 0 saturated carbocycles. The maximum atomic E-state index is 13.0. The van der Waals surface area contributed by atoms with Crippen LogP contribution in [0.3, 0.4) is 0 Å². The van der Waals surface area contributed by atoms with E-state index in [1.54, 1.807) is 0 Å². The molecule has 0 N–H and O–H groups in total. The third-order valence-corrected chi connectivity index (χ3v) is 6.00. The molecule has 1 atom stereocenters. The van der Waals surface area contributed by atoms with E-state index in [9.17, 15) is 34.8 Å². The van der Waals surface area contributed by atoms with Crippen LogP contribution in [0.15, 0.2) is 41.4 Å². The first-order valence-electron chi connectivity index (χ1n) is 8.19. The second-order valence-electron chi connectivity index (χ2n) is 6.34.